The van der Waals surface area contributed by atoms with Crippen molar-refractivity contribution in [1.82, 2.24) is 14.5 Å². The van der Waals surface area contributed by atoms with Gasteiger partial charge in [0, 0.05) is 35.7 Å². The van der Waals surface area contributed by atoms with E-state index in [9.17, 15) is 5.11 Å². The van der Waals surface area contributed by atoms with E-state index in [1.165, 1.54) is 0 Å². The Hall–Kier alpha value is -1.91. The van der Waals surface area contributed by atoms with Crippen LogP contribution < -0.4 is 0 Å². The Morgan fingerprint density at radius 1 is 1.21 bits per heavy atom. The van der Waals surface area contributed by atoms with Gasteiger partial charge in [-0.05, 0) is 23.8 Å². The average Bonchev–Trinajstić information content (AvgIpc) is 2.80. The topological polar surface area (TPSA) is 50.9 Å². The molecule has 0 unspecified atom stereocenters. The van der Waals surface area contributed by atoms with E-state index in [4.69, 9.17) is 11.6 Å². The smallest absolute Gasteiger partial charge is 0.140 e. The van der Waals surface area contributed by atoms with Crippen molar-refractivity contribution in [2.24, 2.45) is 0 Å². The van der Waals surface area contributed by atoms with Crippen molar-refractivity contribution in [3.8, 4) is 0 Å². The minimum absolute atomic E-state index is 0.000723. The lowest BCUT2D eigenvalue weighted by molar-refractivity contribution is 0.283. The molecule has 4 nitrogen and oxygen atoms in total. The third-order valence-corrected chi connectivity index (χ3v) is 3.42. The van der Waals surface area contributed by atoms with Crippen molar-refractivity contribution in [3.63, 3.8) is 0 Å². The van der Waals surface area contributed by atoms with Crippen molar-refractivity contribution >= 4 is 22.6 Å². The number of aromatic nitrogens is 3. The van der Waals surface area contributed by atoms with Gasteiger partial charge in [0.2, 0.25) is 0 Å². The number of aliphatic hydroxyl groups is 1. The Kier molecular flexibility index (Phi) is 3.19. The van der Waals surface area contributed by atoms with Gasteiger partial charge < -0.3 is 9.67 Å². The van der Waals surface area contributed by atoms with Crippen molar-refractivity contribution in [1.29, 1.82) is 0 Å². The third kappa shape index (κ3) is 2.20. The first kappa shape index (κ1) is 12.1. The molecule has 0 saturated carbocycles. The number of hydrogen-bond acceptors (Lipinski definition) is 3. The molecule has 3 heterocycles. The highest BCUT2D eigenvalue weighted by Crippen LogP contribution is 2.22. The minimum Gasteiger partial charge on any atom is -0.392 e. The van der Waals surface area contributed by atoms with Gasteiger partial charge in [-0.25, -0.2) is 4.98 Å². The highest BCUT2D eigenvalue weighted by Gasteiger charge is 2.10. The number of halogens is 1. The summed E-state index contributed by atoms with van der Waals surface area (Å²) in [6.45, 7) is 0.605. The maximum atomic E-state index is 9.39. The highest BCUT2D eigenvalue weighted by molar-refractivity contribution is 6.31. The lowest BCUT2D eigenvalue weighted by Gasteiger charge is -2.06. The summed E-state index contributed by atoms with van der Waals surface area (Å²) in [4.78, 5) is 8.34. The zero-order valence-corrected chi connectivity index (χ0v) is 10.9. The van der Waals surface area contributed by atoms with E-state index in [0.29, 0.717) is 11.6 Å². The average molecular weight is 274 g/mol. The first-order chi connectivity index (χ1) is 9.29. The molecule has 0 spiro atoms. The maximum Gasteiger partial charge on any atom is 0.140 e. The first-order valence-electron chi connectivity index (χ1n) is 5.91. The van der Waals surface area contributed by atoms with Crippen LogP contribution >= 0.6 is 11.6 Å². The van der Waals surface area contributed by atoms with Crippen molar-refractivity contribution in [2.45, 2.75) is 13.2 Å². The van der Waals surface area contributed by atoms with Gasteiger partial charge in [-0.3, -0.25) is 4.98 Å². The second-order valence-corrected chi connectivity index (χ2v) is 4.69. The van der Waals surface area contributed by atoms with Gasteiger partial charge in [0.1, 0.15) is 5.65 Å². The van der Waals surface area contributed by atoms with Gasteiger partial charge in [-0.1, -0.05) is 11.6 Å². The van der Waals surface area contributed by atoms with Gasteiger partial charge >= 0.3 is 0 Å². The Morgan fingerprint density at radius 2 is 2.11 bits per heavy atom. The summed E-state index contributed by atoms with van der Waals surface area (Å²) in [6, 6.07) is 5.71. The number of nitrogens with zero attached hydrogens (tertiary/aromatic N) is 3. The van der Waals surface area contributed by atoms with Gasteiger partial charge in [-0.2, -0.15) is 0 Å². The molecular weight excluding hydrogens is 262 g/mol. The van der Waals surface area contributed by atoms with Crippen LogP contribution in [-0.4, -0.2) is 19.6 Å². The SMILES string of the molecule is OCc1cn(Cc2ccncc2Cl)c2ncccc12. The number of aliphatic hydroxyl groups excluding tert-OH is 1. The molecule has 0 aromatic carbocycles. The van der Waals surface area contributed by atoms with Crippen LogP contribution in [0.2, 0.25) is 5.02 Å². The fraction of sp³-hybridized carbons (Fsp3) is 0.143. The van der Waals surface area contributed by atoms with Crippen LogP contribution in [0.4, 0.5) is 0 Å². The standard InChI is InChI=1S/C14H12ClN3O/c15-13-6-16-5-3-10(13)7-18-8-11(9-19)12-2-1-4-17-14(12)18/h1-6,8,19H,7,9H2. The molecule has 19 heavy (non-hydrogen) atoms. The molecule has 3 aromatic rings. The summed E-state index contributed by atoms with van der Waals surface area (Å²) >= 11 is 6.12. The molecule has 0 atom stereocenters. The fourth-order valence-corrected chi connectivity index (χ4v) is 2.34. The number of fused-ring (bicyclic) bond motifs is 1. The number of hydrogen-bond donors (Lipinski definition) is 1. The minimum atomic E-state index is -0.000723. The molecule has 0 bridgehead atoms. The molecule has 0 aliphatic rings. The van der Waals surface area contributed by atoms with E-state index < -0.39 is 0 Å². The summed E-state index contributed by atoms with van der Waals surface area (Å²) in [7, 11) is 0. The molecule has 0 saturated heterocycles. The Bertz CT molecular complexity index is 724. The van der Waals surface area contributed by atoms with Gasteiger partial charge in [0.25, 0.3) is 0 Å². The lowest BCUT2D eigenvalue weighted by Crippen LogP contribution is -2.00. The quantitative estimate of drug-likeness (QED) is 0.798. The molecule has 3 aromatic heterocycles. The molecule has 96 valence electrons. The molecule has 3 rings (SSSR count). The summed E-state index contributed by atoms with van der Waals surface area (Å²) in [5, 5.41) is 11.0. The Labute approximate surface area is 115 Å². The van der Waals surface area contributed by atoms with E-state index in [2.05, 4.69) is 9.97 Å². The Morgan fingerprint density at radius 3 is 2.89 bits per heavy atom. The van der Waals surface area contributed by atoms with E-state index in [1.807, 2.05) is 29.0 Å². The summed E-state index contributed by atoms with van der Waals surface area (Å²) in [5.41, 5.74) is 2.69. The molecule has 0 fully saturated rings. The predicted octanol–water partition coefficient (Wildman–Crippen LogP) is 2.63. The second kappa shape index (κ2) is 4.99. The van der Waals surface area contributed by atoms with Crippen LogP contribution in [0.15, 0.2) is 43.0 Å². The van der Waals surface area contributed by atoms with Crippen molar-refractivity contribution in [2.75, 3.05) is 0 Å². The van der Waals surface area contributed by atoms with Crippen LogP contribution in [0.1, 0.15) is 11.1 Å². The summed E-state index contributed by atoms with van der Waals surface area (Å²) in [5.74, 6) is 0. The van der Waals surface area contributed by atoms with Crippen LogP contribution in [0.25, 0.3) is 11.0 Å². The van der Waals surface area contributed by atoms with E-state index in [1.54, 1.807) is 18.6 Å². The first-order valence-corrected chi connectivity index (χ1v) is 6.29. The van der Waals surface area contributed by atoms with E-state index in [-0.39, 0.29) is 6.61 Å². The zero-order valence-electron chi connectivity index (χ0n) is 10.1. The normalized spacial score (nSPS) is 11.1. The monoisotopic (exact) mass is 273 g/mol. The summed E-state index contributed by atoms with van der Waals surface area (Å²) in [6.07, 6.45) is 7.00. The molecule has 0 amide bonds. The molecular formula is C14H12ClN3O. The van der Waals surface area contributed by atoms with Crippen LogP contribution in [-0.2, 0) is 13.2 Å². The molecule has 0 aliphatic carbocycles. The van der Waals surface area contributed by atoms with Crippen LogP contribution in [0.3, 0.4) is 0 Å². The highest BCUT2D eigenvalue weighted by atomic mass is 35.5. The molecule has 1 N–H and O–H groups in total. The molecule has 0 aliphatic heterocycles. The third-order valence-electron chi connectivity index (χ3n) is 3.08. The zero-order chi connectivity index (χ0) is 13.2. The number of rotatable bonds is 3. The van der Waals surface area contributed by atoms with Crippen molar-refractivity contribution in [3.05, 3.63) is 59.1 Å². The van der Waals surface area contributed by atoms with Gasteiger partial charge in [0.15, 0.2) is 0 Å². The van der Waals surface area contributed by atoms with E-state index >= 15 is 0 Å². The lowest BCUT2D eigenvalue weighted by atomic mass is 10.2. The predicted molar refractivity (Wildman–Crippen MR) is 74.0 cm³/mol. The number of pyridine rings is 2. The fourth-order valence-electron chi connectivity index (χ4n) is 2.16. The van der Waals surface area contributed by atoms with Crippen molar-refractivity contribution < 1.29 is 5.11 Å². The van der Waals surface area contributed by atoms with Gasteiger partial charge in [-0.15, -0.1) is 0 Å². The molecule has 0 radical (unpaired) electrons. The summed E-state index contributed by atoms with van der Waals surface area (Å²) < 4.78 is 1.99. The largest absolute Gasteiger partial charge is 0.392 e. The molecule has 5 heteroatoms. The van der Waals surface area contributed by atoms with E-state index in [0.717, 1.165) is 22.2 Å². The van der Waals surface area contributed by atoms with Gasteiger partial charge in [0.05, 0.1) is 18.2 Å². The van der Waals surface area contributed by atoms with Crippen LogP contribution in [0.5, 0.6) is 0 Å². The maximum absolute atomic E-state index is 9.39. The Balaban J connectivity index is 2.09. The van der Waals surface area contributed by atoms with Crippen LogP contribution in [0, 0.1) is 0 Å². The second-order valence-electron chi connectivity index (χ2n) is 4.28.